The van der Waals surface area contributed by atoms with Crippen molar-refractivity contribution in [2.24, 2.45) is 0 Å². The van der Waals surface area contributed by atoms with Crippen LogP contribution in [0.3, 0.4) is 0 Å². The normalized spacial score (nSPS) is 12.4. The molecule has 0 spiro atoms. The van der Waals surface area contributed by atoms with E-state index < -0.39 is 0 Å². The van der Waals surface area contributed by atoms with E-state index in [2.05, 4.69) is 6.92 Å². The van der Waals surface area contributed by atoms with Crippen LogP contribution in [0.4, 0.5) is 0 Å². The minimum absolute atomic E-state index is 0.0418. The molecule has 0 aliphatic carbocycles. The summed E-state index contributed by atoms with van der Waals surface area (Å²) in [4.78, 5) is 11.3. The number of rotatable bonds is 11. The number of methoxy groups -OCH3 is 1. The van der Waals surface area contributed by atoms with Crippen molar-refractivity contribution >= 4 is 17.7 Å². The summed E-state index contributed by atoms with van der Waals surface area (Å²) in [6.07, 6.45) is 13.4. The SMILES string of the molecule is CCCCCCCCCCC(SC)C(=O)OC. The lowest BCUT2D eigenvalue weighted by molar-refractivity contribution is -0.140. The van der Waals surface area contributed by atoms with Crippen molar-refractivity contribution in [1.82, 2.24) is 0 Å². The number of esters is 1. The summed E-state index contributed by atoms with van der Waals surface area (Å²) in [7, 11) is 1.47. The molecule has 0 amide bonds. The van der Waals surface area contributed by atoms with Gasteiger partial charge in [-0.25, -0.2) is 0 Å². The Morgan fingerprint density at radius 3 is 2.06 bits per heavy atom. The zero-order valence-corrected chi connectivity index (χ0v) is 12.5. The Morgan fingerprint density at radius 2 is 1.59 bits per heavy atom. The molecule has 0 bridgehead atoms. The van der Waals surface area contributed by atoms with E-state index in [1.54, 1.807) is 11.8 Å². The molecule has 0 N–H and O–H groups in total. The van der Waals surface area contributed by atoms with Crippen molar-refractivity contribution in [1.29, 1.82) is 0 Å². The maximum absolute atomic E-state index is 11.3. The average Bonchev–Trinajstić information content (AvgIpc) is 2.36. The molecule has 0 rings (SSSR count). The summed E-state index contributed by atoms with van der Waals surface area (Å²) in [5.41, 5.74) is 0. The number of thioether (sulfide) groups is 1. The van der Waals surface area contributed by atoms with E-state index in [-0.39, 0.29) is 11.2 Å². The summed E-state index contributed by atoms with van der Waals surface area (Å²) in [5, 5.41) is 0.0418. The predicted molar refractivity (Wildman–Crippen MR) is 76.5 cm³/mol. The fraction of sp³-hybridized carbons (Fsp3) is 0.929. The Kier molecular flexibility index (Phi) is 12.2. The molecular weight excluding hydrogens is 232 g/mol. The van der Waals surface area contributed by atoms with E-state index in [4.69, 9.17) is 4.74 Å². The Morgan fingerprint density at radius 1 is 1.06 bits per heavy atom. The summed E-state index contributed by atoms with van der Waals surface area (Å²) in [6, 6.07) is 0. The van der Waals surface area contributed by atoms with Crippen molar-refractivity contribution in [2.75, 3.05) is 13.4 Å². The summed E-state index contributed by atoms with van der Waals surface area (Å²) in [6.45, 7) is 2.25. The molecule has 2 nitrogen and oxygen atoms in total. The summed E-state index contributed by atoms with van der Waals surface area (Å²) in [5.74, 6) is -0.0690. The fourth-order valence-corrected chi connectivity index (χ4v) is 2.62. The summed E-state index contributed by atoms with van der Waals surface area (Å²) < 4.78 is 4.77. The number of unbranched alkanes of at least 4 members (excludes halogenated alkanes) is 7. The van der Waals surface area contributed by atoms with Crippen molar-refractivity contribution in [2.45, 2.75) is 70.0 Å². The second-order valence-electron chi connectivity index (χ2n) is 4.51. The average molecular weight is 260 g/mol. The van der Waals surface area contributed by atoms with Gasteiger partial charge in [0.05, 0.1) is 7.11 Å². The topological polar surface area (TPSA) is 26.3 Å². The highest BCUT2D eigenvalue weighted by molar-refractivity contribution is 7.99. The van der Waals surface area contributed by atoms with Gasteiger partial charge in [-0.1, -0.05) is 58.3 Å². The maximum Gasteiger partial charge on any atom is 0.318 e. The van der Waals surface area contributed by atoms with Gasteiger partial charge in [0.2, 0.25) is 0 Å². The molecule has 0 heterocycles. The molecule has 0 aromatic carbocycles. The summed E-state index contributed by atoms with van der Waals surface area (Å²) >= 11 is 1.60. The third-order valence-corrected chi connectivity index (χ3v) is 4.07. The molecule has 1 unspecified atom stereocenters. The van der Waals surface area contributed by atoms with Crippen molar-refractivity contribution in [3.05, 3.63) is 0 Å². The number of hydrogen-bond acceptors (Lipinski definition) is 3. The smallest absolute Gasteiger partial charge is 0.318 e. The highest BCUT2D eigenvalue weighted by Crippen LogP contribution is 2.17. The van der Waals surface area contributed by atoms with E-state index in [1.807, 2.05) is 6.26 Å². The lowest BCUT2D eigenvalue weighted by Crippen LogP contribution is -2.18. The lowest BCUT2D eigenvalue weighted by Gasteiger charge is -2.11. The van der Waals surface area contributed by atoms with Crippen molar-refractivity contribution < 1.29 is 9.53 Å². The second kappa shape index (κ2) is 12.3. The minimum atomic E-state index is -0.0690. The number of carbonyl (C=O) groups is 1. The molecule has 0 aromatic rings. The molecule has 102 valence electrons. The van der Waals surface area contributed by atoms with Gasteiger partial charge in [0.1, 0.15) is 5.25 Å². The van der Waals surface area contributed by atoms with Crippen LogP contribution in [0.15, 0.2) is 0 Å². The van der Waals surface area contributed by atoms with E-state index in [0.29, 0.717) is 0 Å². The van der Waals surface area contributed by atoms with Crippen LogP contribution in [0, 0.1) is 0 Å². The molecule has 0 radical (unpaired) electrons. The van der Waals surface area contributed by atoms with Gasteiger partial charge in [-0.15, -0.1) is 0 Å². The minimum Gasteiger partial charge on any atom is -0.468 e. The lowest BCUT2D eigenvalue weighted by atomic mass is 10.1. The van der Waals surface area contributed by atoms with Crippen LogP contribution in [0.1, 0.15) is 64.7 Å². The van der Waals surface area contributed by atoms with E-state index in [1.165, 1.54) is 52.1 Å². The Bertz CT molecular complexity index is 183. The van der Waals surface area contributed by atoms with Gasteiger partial charge in [0.25, 0.3) is 0 Å². The van der Waals surface area contributed by atoms with Gasteiger partial charge in [-0.2, -0.15) is 11.8 Å². The Labute approximate surface area is 111 Å². The van der Waals surface area contributed by atoms with Crippen LogP contribution >= 0.6 is 11.8 Å². The van der Waals surface area contributed by atoms with E-state index in [9.17, 15) is 4.79 Å². The Balaban J connectivity index is 3.34. The number of hydrogen-bond donors (Lipinski definition) is 0. The van der Waals surface area contributed by atoms with Gasteiger partial charge in [-0.05, 0) is 12.7 Å². The van der Waals surface area contributed by atoms with Crippen LogP contribution < -0.4 is 0 Å². The third-order valence-electron chi connectivity index (χ3n) is 3.07. The van der Waals surface area contributed by atoms with Crippen LogP contribution in [0.5, 0.6) is 0 Å². The monoisotopic (exact) mass is 260 g/mol. The standard InChI is InChI=1S/C14H28O2S/c1-4-5-6-7-8-9-10-11-12-13(17-3)14(15)16-2/h13H,4-12H2,1-3H3. The van der Waals surface area contributed by atoms with Crippen LogP contribution in [0.25, 0.3) is 0 Å². The number of ether oxygens (including phenoxy) is 1. The zero-order valence-electron chi connectivity index (χ0n) is 11.7. The quantitative estimate of drug-likeness (QED) is 0.406. The molecule has 0 saturated carbocycles. The van der Waals surface area contributed by atoms with Crippen LogP contribution in [0.2, 0.25) is 0 Å². The Hall–Kier alpha value is -0.180. The first kappa shape index (κ1) is 16.8. The molecule has 0 aliphatic heterocycles. The van der Waals surface area contributed by atoms with Gasteiger partial charge < -0.3 is 4.74 Å². The maximum atomic E-state index is 11.3. The third kappa shape index (κ3) is 9.51. The molecule has 3 heteroatoms. The van der Waals surface area contributed by atoms with Crippen LogP contribution in [-0.4, -0.2) is 24.6 Å². The van der Waals surface area contributed by atoms with Gasteiger partial charge >= 0.3 is 5.97 Å². The zero-order chi connectivity index (χ0) is 12.9. The largest absolute Gasteiger partial charge is 0.468 e. The molecule has 1 atom stereocenters. The first-order valence-corrected chi connectivity index (χ1v) is 8.15. The molecule has 0 aliphatic rings. The predicted octanol–water partition coefficient (Wildman–Crippen LogP) is 4.42. The first-order valence-electron chi connectivity index (χ1n) is 6.86. The fourth-order valence-electron chi connectivity index (χ4n) is 1.93. The molecule has 17 heavy (non-hydrogen) atoms. The molecule has 0 aromatic heterocycles. The number of carbonyl (C=O) groups excluding carboxylic acids is 1. The van der Waals surface area contributed by atoms with E-state index >= 15 is 0 Å². The van der Waals surface area contributed by atoms with Crippen LogP contribution in [-0.2, 0) is 9.53 Å². The highest BCUT2D eigenvalue weighted by atomic mass is 32.2. The van der Waals surface area contributed by atoms with Gasteiger partial charge in [0.15, 0.2) is 0 Å². The van der Waals surface area contributed by atoms with Crippen molar-refractivity contribution in [3.63, 3.8) is 0 Å². The molecule has 0 saturated heterocycles. The van der Waals surface area contributed by atoms with Crippen molar-refractivity contribution in [3.8, 4) is 0 Å². The van der Waals surface area contributed by atoms with Gasteiger partial charge in [0, 0.05) is 0 Å². The van der Waals surface area contributed by atoms with E-state index in [0.717, 1.165) is 12.8 Å². The molecular formula is C14H28O2S. The van der Waals surface area contributed by atoms with Gasteiger partial charge in [-0.3, -0.25) is 4.79 Å². The first-order chi connectivity index (χ1) is 8.26. The highest BCUT2D eigenvalue weighted by Gasteiger charge is 2.16. The molecule has 0 fully saturated rings. The second-order valence-corrected chi connectivity index (χ2v) is 5.55.